The van der Waals surface area contributed by atoms with Gasteiger partial charge in [0.25, 0.3) is 0 Å². The number of benzene rings is 1. The van der Waals surface area contributed by atoms with Gasteiger partial charge in [-0.2, -0.15) is 0 Å². The number of morpholine rings is 1. The molecule has 1 aromatic carbocycles. The Kier molecular flexibility index (Phi) is 11.1. The van der Waals surface area contributed by atoms with Crippen molar-refractivity contribution in [3.8, 4) is 0 Å². The number of ether oxygens (including phenoxy) is 1. The molecule has 3 rings (SSSR count). The lowest BCUT2D eigenvalue weighted by Gasteiger charge is -2.34. The van der Waals surface area contributed by atoms with Crippen molar-refractivity contribution in [3.63, 3.8) is 0 Å². The second kappa shape index (κ2) is 13.6. The molecule has 0 radical (unpaired) electrons. The molecule has 7 nitrogen and oxygen atoms in total. The number of nitrogens with zero attached hydrogens (tertiary/aromatic N) is 4. The van der Waals surface area contributed by atoms with Crippen LogP contribution < -0.4 is 10.6 Å². The van der Waals surface area contributed by atoms with Crippen molar-refractivity contribution in [1.29, 1.82) is 0 Å². The summed E-state index contributed by atoms with van der Waals surface area (Å²) in [4.78, 5) is 11.2. The van der Waals surface area contributed by atoms with Crippen molar-refractivity contribution >= 4 is 29.9 Å². The summed E-state index contributed by atoms with van der Waals surface area (Å²) < 4.78 is 21.0. The van der Waals surface area contributed by atoms with Crippen LogP contribution >= 0.6 is 24.0 Å². The van der Waals surface area contributed by atoms with Crippen LogP contribution in [0.2, 0.25) is 0 Å². The molecule has 0 saturated carbocycles. The first kappa shape index (κ1) is 24.5. The maximum atomic E-state index is 13.4. The molecule has 2 N–H and O–H groups in total. The largest absolute Gasteiger partial charge is 0.379 e. The molecule has 0 spiro atoms. The van der Waals surface area contributed by atoms with E-state index in [4.69, 9.17) is 9.73 Å². The monoisotopic (exact) mass is 530 g/mol. The normalized spacial score (nSPS) is 16.0. The van der Waals surface area contributed by atoms with Crippen molar-refractivity contribution in [3.05, 3.63) is 54.4 Å². The number of nitrogens with one attached hydrogen (secondary N) is 2. The highest BCUT2D eigenvalue weighted by atomic mass is 127. The van der Waals surface area contributed by atoms with E-state index in [1.165, 1.54) is 12.1 Å². The van der Waals surface area contributed by atoms with Gasteiger partial charge in [-0.25, -0.2) is 9.37 Å². The molecule has 1 atom stereocenters. The van der Waals surface area contributed by atoms with E-state index < -0.39 is 0 Å². The van der Waals surface area contributed by atoms with E-state index >= 15 is 0 Å². The molecule has 1 aliphatic heterocycles. The third-order valence-corrected chi connectivity index (χ3v) is 4.95. The van der Waals surface area contributed by atoms with Crippen molar-refractivity contribution in [2.75, 3.05) is 45.9 Å². The Bertz CT molecular complexity index is 734. The Morgan fingerprint density at radius 3 is 2.67 bits per heavy atom. The molecule has 2 aromatic rings. The average Bonchev–Trinajstić information content (AvgIpc) is 3.27. The quantitative estimate of drug-likeness (QED) is 0.226. The first-order chi connectivity index (χ1) is 14.3. The van der Waals surface area contributed by atoms with Gasteiger partial charge in [0, 0.05) is 45.1 Å². The zero-order chi connectivity index (χ0) is 20.3. The summed E-state index contributed by atoms with van der Waals surface area (Å²) >= 11 is 0. The number of hydrogen-bond donors (Lipinski definition) is 2. The number of guanidine groups is 1. The predicted octanol–water partition coefficient (Wildman–Crippen LogP) is 2.66. The molecule has 1 fully saturated rings. The second-order valence-corrected chi connectivity index (χ2v) is 7.02. The first-order valence-electron chi connectivity index (χ1n) is 10.3. The lowest BCUT2D eigenvalue weighted by atomic mass is 10.0. The minimum Gasteiger partial charge on any atom is -0.379 e. The topological polar surface area (TPSA) is 66.7 Å². The van der Waals surface area contributed by atoms with Gasteiger partial charge in [0.05, 0.1) is 32.1 Å². The minimum absolute atomic E-state index is 0. The van der Waals surface area contributed by atoms with E-state index in [-0.39, 0.29) is 35.8 Å². The van der Waals surface area contributed by atoms with Crippen LogP contribution in [0.5, 0.6) is 0 Å². The Balaban J connectivity index is 0.00000320. The Hall–Kier alpha value is -1.72. The number of imidazole rings is 1. The van der Waals surface area contributed by atoms with Crippen LogP contribution in [0.25, 0.3) is 0 Å². The summed E-state index contributed by atoms with van der Waals surface area (Å²) in [5.41, 5.74) is 1.08. The van der Waals surface area contributed by atoms with Gasteiger partial charge in [-0.3, -0.25) is 9.89 Å². The molecule has 0 amide bonds. The molecule has 1 aliphatic rings. The Morgan fingerprint density at radius 2 is 2.00 bits per heavy atom. The van der Waals surface area contributed by atoms with Crippen LogP contribution in [-0.4, -0.2) is 66.3 Å². The molecular weight excluding hydrogens is 498 g/mol. The van der Waals surface area contributed by atoms with Gasteiger partial charge in [0.15, 0.2) is 5.96 Å². The number of aryl methyl sites for hydroxylation is 1. The van der Waals surface area contributed by atoms with E-state index in [0.717, 1.165) is 50.7 Å². The molecule has 1 unspecified atom stereocenters. The van der Waals surface area contributed by atoms with Gasteiger partial charge < -0.3 is 19.9 Å². The van der Waals surface area contributed by atoms with Crippen molar-refractivity contribution in [2.24, 2.45) is 4.99 Å². The molecule has 30 heavy (non-hydrogen) atoms. The van der Waals surface area contributed by atoms with Crippen LogP contribution in [0, 0.1) is 5.82 Å². The zero-order valence-corrected chi connectivity index (χ0v) is 19.8. The smallest absolute Gasteiger partial charge is 0.191 e. The molecule has 9 heteroatoms. The van der Waals surface area contributed by atoms with E-state index in [0.29, 0.717) is 19.8 Å². The van der Waals surface area contributed by atoms with Crippen molar-refractivity contribution in [1.82, 2.24) is 25.1 Å². The summed E-state index contributed by atoms with van der Waals surface area (Å²) in [6.07, 6.45) is 6.57. The highest BCUT2D eigenvalue weighted by Gasteiger charge is 2.22. The second-order valence-electron chi connectivity index (χ2n) is 7.02. The van der Waals surface area contributed by atoms with Crippen LogP contribution in [0.1, 0.15) is 24.9 Å². The molecule has 1 aromatic heterocycles. The van der Waals surface area contributed by atoms with Crippen LogP contribution in [-0.2, 0) is 11.3 Å². The van der Waals surface area contributed by atoms with Crippen molar-refractivity contribution in [2.45, 2.75) is 25.9 Å². The van der Waals surface area contributed by atoms with Gasteiger partial charge in [0.1, 0.15) is 5.82 Å². The zero-order valence-electron chi connectivity index (χ0n) is 17.5. The van der Waals surface area contributed by atoms with Gasteiger partial charge in [-0.05, 0) is 31.0 Å². The van der Waals surface area contributed by atoms with E-state index in [1.807, 2.05) is 24.7 Å². The summed E-state index contributed by atoms with van der Waals surface area (Å²) in [7, 11) is 0. The SMILES string of the molecule is CCNC(=NCC(c1ccc(F)cc1)N1CCOCC1)NCCCn1ccnc1.I. The number of halogens is 2. The third kappa shape index (κ3) is 7.84. The fourth-order valence-corrected chi connectivity index (χ4v) is 3.41. The van der Waals surface area contributed by atoms with Gasteiger partial charge >= 0.3 is 0 Å². The van der Waals surface area contributed by atoms with Gasteiger partial charge in [-0.1, -0.05) is 12.1 Å². The van der Waals surface area contributed by atoms with Gasteiger partial charge in [-0.15, -0.1) is 24.0 Å². The summed E-state index contributed by atoms with van der Waals surface area (Å²) in [6, 6.07) is 6.85. The molecule has 166 valence electrons. The molecule has 0 aliphatic carbocycles. The lowest BCUT2D eigenvalue weighted by molar-refractivity contribution is 0.0179. The standard InChI is InChI=1S/C21H31FN6O.HI/c1-2-24-21(25-8-3-10-27-11-9-23-17-27)26-16-20(28-12-14-29-15-13-28)18-4-6-19(22)7-5-18;/h4-7,9,11,17,20H,2-3,8,10,12-16H2,1H3,(H2,24,25,26);1H. The van der Waals surface area contributed by atoms with Gasteiger partial charge in [0.2, 0.25) is 0 Å². The molecular formula is C21H32FIN6O. The number of aliphatic imine (C=N–C) groups is 1. The summed E-state index contributed by atoms with van der Waals surface area (Å²) in [6.45, 7) is 8.33. The van der Waals surface area contributed by atoms with Crippen LogP contribution in [0.4, 0.5) is 4.39 Å². The lowest BCUT2D eigenvalue weighted by Crippen LogP contribution is -2.42. The highest BCUT2D eigenvalue weighted by molar-refractivity contribution is 14.0. The predicted molar refractivity (Wildman–Crippen MR) is 128 cm³/mol. The van der Waals surface area contributed by atoms with E-state index in [1.54, 1.807) is 6.20 Å². The maximum absolute atomic E-state index is 13.4. The minimum atomic E-state index is -0.217. The molecule has 0 bridgehead atoms. The molecule has 2 heterocycles. The van der Waals surface area contributed by atoms with E-state index in [2.05, 4.69) is 32.0 Å². The molecule has 1 saturated heterocycles. The Morgan fingerprint density at radius 1 is 1.23 bits per heavy atom. The average molecular weight is 530 g/mol. The number of hydrogen-bond acceptors (Lipinski definition) is 4. The maximum Gasteiger partial charge on any atom is 0.191 e. The third-order valence-electron chi connectivity index (χ3n) is 4.95. The van der Waals surface area contributed by atoms with E-state index in [9.17, 15) is 4.39 Å². The Labute approximate surface area is 195 Å². The first-order valence-corrected chi connectivity index (χ1v) is 10.3. The number of rotatable bonds is 9. The number of aromatic nitrogens is 2. The van der Waals surface area contributed by atoms with Crippen LogP contribution in [0.15, 0.2) is 48.0 Å². The van der Waals surface area contributed by atoms with Crippen molar-refractivity contribution < 1.29 is 9.13 Å². The fraction of sp³-hybridized carbons (Fsp3) is 0.524. The summed E-state index contributed by atoms with van der Waals surface area (Å²) in [5, 5.41) is 6.72. The summed E-state index contributed by atoms with van der Waals surface area (Å²) in [5.74, 6) is 0.587. The van der Waals surface area contributed by atoms with Crippen LogP contribution in [0.3, 0.4) is 0 Å². The highest BCUT2D eigenvalue weighted by Crippen LogP contribution is 2.22. The fourth-order valence-electron chi connectivity index (χ4n) is 3.41.